The van der Waals surface area contributed by atoms with E-state index in [0.717, 1.165) is 71.1 Å². The fourth-order valence-corrected chi connectivity index (χ4v) is 5.63. The lowest BCUT2D eigenvalue weighted by atomic mass is 9.82. The summed E-state index contributed by atoms with van der Waals surface area (Å²) in [6, 6.07) is 10.2. The Morgan fingerprint density at radius 3 is 2.33 bits per heavy atom. The molecule has 4 rings (SSSR count). The van der Waals surface area contributed by atoms with Crippen molar-refractivity contribution in [3.63, 3.8) is 0 Å². The van der Waals surface area contributed by atoms with Crippen LogP contribution >= 0.6 is 0 Å². The number of hydrogen-bond acceptors (Lipinski definition) is 8. The molecule has 0 unspecified atom stereocenters. The number of nitrogens with one attached hydrogen (secondary N) is 1. The number of hydrogen-bond donors (Lipinski definition) is 1. The number of esters is 1. The number of pyridine rings is 2. The van der Waals surface area contributed by atoms with Gasteiger partial charge in [0.1, 0.15) is 12.4 Å². The van der Waals surface area contributed by atoms with Crippen LogP contribution in [-0.2, 0) is 14.3 Å². The van der Waals surface area contributed by atoms with E-state index in [0.29, 0.717) is 13.2 Å². The monoisotopic (exact) mass is 616 g/mol. The minimum absolute atomic E-state index is 0.254. The molecule has 45 heavy (non-hydrogen) atoms. The first-order valence-electron chi connectivity index (χ1n) is 16.2. The van der Waals surface area contributed by atoms with Crippen LogP contribution in [0.3, 0.4) is 0 Å². The van der Waals surface area contributed by atoms with Crippen LogP contribution in [0.1, 0.15) is 89.8 Å². The standard InChI is InChI=1S/C37H52N4O4/c1-24(2)44-35(42)34(45-36(6,7)8)32-27(5)39-23-29(33(32)41-18-15-37(9,10)16-19-41)30-13-12-28(22-40-30)38-17-20-43-31-14-11-25(3)21-26(31)4/h11-14,21-24,34,38H,15-20H2,1-10H3/t34-/m0/s1. The second kappa shape index (κ2) is 14.2. The second-order valence-corrected chi connectivity index (χ2v) is 14.2. The van der Waals surface area contributed by atoms with Crippen LogP contribution in [0.15, 0.2) is 42.7 Å². The smallest absolute Gasteiger partial charge is 0.340 e. The first-order chi connectivity index (χ1) is 21.1. The van der Waals surface area contributed by atoms with Crippen LogP contribution in [0.2, 0.25) is 0 Å². The van der Waals surface area contributed by atoms with Crippen molar-refractivity contribution in [2.45, 2.75) is 99.9 Å². The van der Waals surface area contributed by atoms with Gasteiger partial charge < -0.3 is 24.4 Å². The summed E-state index contributed by atoms with van der Waals surface area (Å²) in [6.45, 7) is 23.2. The van der Waals surface area contributed by atoms with Crippen molar-refractivity contribution in [1.82, 2.24) is 9.97 Å². The SMILES string of the molecule is Cc1ccc(OCCNc2ccc(-c3cnc(C)c([C@H](OC(C)(C)C)C(=O)OC(C)C)c3N3CCC(C)(C)CC3)nc2)c(C)c1. The zero-order valence-electron chi connectivity index (χ0n) is 28.9. The van der Waals surface area contributed by atoms with Gasteiger partial charge in [0.25, 0.3) is 0 Å². The Hall–Kier alpha value is -3.65. The summed E-state index contributed by atoms with van der Waals surface area (Å²) in [4.78, 5) is 25.7. The maximum Gasteiger partial charge on any atom is 0.340 e. The normalized spacial score (nSPS) is 15.6. The van der Waals surface area contributed by atoms with Crippen LogP contribution in [0, 0.1) is 26.2 Å². The lowest BCUT2D eigenvalue weighted by Crippen LogP contribution is -2.39. The molecule has 1 saturated heterocycles. The molecule has 0 radical (unpaired) electrons. The largest absolute Gasteiger partial charge is 0.491 e. The lowest BCUT2D eigenvalue weighted by molar-refractivity contribution is -0.171. The van der Waals surface area contributed by atoms with E-state index in [-0.39, 0.29) is 11.5 Å². The molecule has 0 saturated carbocycles. The van der Waals surface area contributed by atoms with Crippen molar-refractivity contribution < 1.29 is 19.0 Å². The molecule has 1 aliphatic rings. The molecule has 0 spiro atoms. The van der Waals surface area contributed by atoms with E-state index in [9.17, 15) is 4.79 Å². The third-order valence-corrected chi connectivity index (χ3v) is 8.08. The molecule has 0 bridgehead atoms. The van der Waals surface area contributed by atoms with Crippen molar-refractivity contribution in [2.75, 3.05) is 36.5 Å². The summed E-state index contributed by atoms with van der Waals surface area (Å²) in [7, 11) is 0. The van der Waals surface area contributed by atoms with Gasteiger partial charge in [-0.25, -0.2) is 4.79 Å². The second-order valence-electron chi connectivity index (χ2n) is 14.2. The highest BCUT2D eigenvalue weighted by Crippen LogP contribution is 2.43. The Morgan fingerprint density at radius 1 is 1.02 bits per heavy atom. The van der Waals surface area contributed by atoms with Crippen molar-refractivity contribution in [3.05, 3.63) is 65.1 Å². The molecule has 0 aliphatic carbocycles. The van der Waals surface area contributed by atoms with E-state index < -0.39 is 17.7 Å². The van der Waals surface area contributed by atoms with E-state index in [1.807, 2.05) is 72.1 Å². The Labute approximate surface area is 269 Å². The Kier molecular flexibility index (Phi) is 10.8. The van der Waals surface area contributed by atoms with Crippen LogP contribution < -0.4 is 15.0 Å². The van der Waals surface area contributed by atoms with Gasteiger partial charge in [0, 0.05) is 42.7 Å². The molecule has 8 nitrogen and oxygen atoms in total. The van der Waals surface area contributed by atoms with Crippen LogP contribution in [0.4, 0.5) is 11.4 Å². The van der Waals surface area contributed by atoms with Crippen molar-refractivity contribution in [3.8, 4) is 17.0 Å². The van der Waals surface area contributed by atoms with Gasteiger partial charge >= 0.3 is 5.97 Å². The molecule has 0 amide bonds. The number of aromatic nitrogens is 2. The molecule has 244 valence electrons. The molecule has 1 aromatic carbocycles. The number of piperidine rings is 1. The van der Waals surface area contributed by atoms with Gasteiger partial charge in [-0.1, -0.05) is 31.5 Å². The topological polar surface area (TPSA) is 85.8 Å². The van der Waals surface area contributed by atoms with Crippen molar-refractivity contribution >= 4 is 17.3 Å². The molecule has 3 heterocycles. The maximum atomic E-state index is 13.6. The number of rotatable bonds is 11. The van der Waals surface area contributed by atoms with Gasteiger partial charge in [-0.15, -0.1) is 0 Å². The van der Waals surface area contributed by atoms with Crippen LogP contribution in [0.5, 0.6) is 5.75 Å². The lowest BCUT2D eigenvalue weighted by Gasteiger charge is -2.41. The summed E-state index contributed by atoms with van der Waals surface area (Å²) in [6.07, 6.45) is 4.59. The molecule has 3 aromatic rings. The molecule has 1 atom stereocenters. The van der Waals surface area contributed by atoms with Gasteiger partial charge in [-0.2, -0.15) is 0 Å². The van der Waals surface area contributed by atoms with Crippen LogP contribution in [-0.4, -0.2) is 53.9 Å². The van der Waals surface area contributed by atoms with E-state index >= 15 is 0 Å². The average molecular weight is 617 g/mol. The third-order valence-electron chi connectivity index (χ3n) is 8.08. The molecule has 1 fully saturated rings. The van der Waals surface area contributed by atoms with E-state index in [1.165, 1.54) is 5.56 Å². The van der Waals surface area contributed by atoms with E-state index in [2.05, 4.69) is 50.0 Å². The van der Waals surface area contributed by atoms with Crippen LogP contribution in [0.25, 0.3) is 11.3 Å². The number of benzene rings is 1. The predicted molar refractivity (Wildman–Crippen MR) is 182 cm³/mol. The minimum atomic E-state index is -0.928. The Bertz CT molecular complexity index is 1450. The van der Waals surface area contributed by atoms with E-state index in [1.54, 1.807) is 0 Å². The van der Waals surface area contributed by atoms with Gasteiger partial charge in [-0.3, -0.25) is 9.97 Å². The molecule has 1 N–H and O–H groups in total. The van der Waals surface area contributed by atoms with Crippen molar-refractivity contribution in [2.24, 2.45) is 5.41 Å². The summed E-state index contributed by atoms with van der Waals surface area (Å²) in [5, 5.41) is 3.41. The molecule has 2 aromatic heterocycles. The highest BCUT2D eigenvalue weighted by molar-refractivity contribution is 5.86. The molecular formula is C37H52N4O4. The number of carbonyl (C=O) groups excluding carboxylic acids is 1. The number of nitrogens with zero attached hydrogens (tertiary/aromatic N) is 3. The number of carbonyl (C=O) groups is 1. The van der Waals surface area contributed by atoms with Gasteiger partial charge in [-0.05, 0) is 97.4 Å². The predicted octanol–water partition coefficient (Wildman–Crippen LogP) is 7.99. The summed E-state index contributed by atoms with van der Waals surface area (Å²) in [5.41, 5.74) is 7.03. The van der Waals surface area contributed by atoms with Crippen molar-refractivity contribution in [1.29, 1.82) is 0 Å². The Balaban J connectivity index is 1.65. The first-order valence-corrected chi connectivity index (χ1v) is 16.2. The quantitative estimate of drug-likeness (QED) is 0.171. The third kappa shape index (κ3) is 9.19. The van der Waals surface area contributed by atoms with Gasteiger partial charge in [0.2, 0.25) is 0 Å². The summed E-state index contributed by atoms with van der Waals surface area (Å²) in [5.74, 6) is 0.495. The summed E-state index contributed by atoms with van der Waals surface area (Å²) >= 11 is 0. The maximum absolute atomic E-state index is 13.6. The fourth-order valence-electron chi connectivity index (χ4n) is 5.63. The molecular weight excluding hydrogens is 564 g/mol. The molecule has 8 heteroatoms. The highest BCUT2D eigenvalue weighted by atomic mass is 16.6. The molecule has 1 aliphatic heterocycles. The zero-order valence-corrected chi connectivity index (χ0v) is 28.9. The zero-order chi connectivity index (χ0) is 32.9. The van der Waals surface area contributed by atoms with Gasteiger partial charge in [0.05, 0.1) is 35.0 Å². The Morgan fingerprint density at radius 2 is 1.73 bits per heavy atom. The van der Waals surface area contributed by atoms with Gasteiger partial charge in [0.15, 0.2) is 6.10 Å². The summed E-state index contributed by atoms with van der Waals surface area (Å²) < 4.78 is 18.2. The number of ether oxygens (including phenoxy) is 3. The van der Waals surface area contributed by atoms with E-state index in [4.69, 9.17) is 24.2 Å². The number of anilines is 2. The minimum Gasteiger partial charge on any atom is -0.491 e. The highest BCUT2D eigenvalue weighted by Gasteiger charge is 2.37. The first kappa shape index (κ1) is 34.2. The average Bonchev–Trinajstić information content (AvgIpc) is 2.95. The number of aryl methyl sites for hydroxylation is 3. The fraction of sp³-hybridized carbons (Fsp3) is 0.541.